The molecule has 110 valence electrons. The van der Waals surface area contributed by atoms with Gasteiger partial charge in [0.2, 0.25) is 5.91 Å². The van der Waals surface area contributed by atoms with E-state index in [1.54, 1.807) is 0 Å². The lowest BCUT2D eigenvalue weighted by atomic mass is 10.1. The average molecular weight is 271 g/mol. The number of rotatable bonds is 7. The lowest BCUT2D eigenvalue weighted by Gasteiger charge is -2.20. The number of hydrogen-bond acceptors (Lipinski definition) is 4. The standard InChI is InChI=1S/C13H25N3O3/c14-11(5-6-12(17)18)13(19)15-7-10-16-8-3-1-2-4-9-16/h11H,1-10,14H2,(H,15,19)(H,17,18). The number of carboxylic acid groups (broad SMARTS) is 1. The van der Waals surface area contributed by atoms with Gasteiger partial charge < -0.3 is 21.1 Å². The third-order valence-electron chi connectivity index (χ3n) is 3.43. The quantitative estimate of drug-likeness (QED) is 0.613. The van der Waals surface area contributed by atoms with Crippen molar-refractivity contribution in [1.29, 1.82) is 0 Å². The number of amides is 1. The number of likely N-dealkylation sites (tertiary alicyclic amines) is 1. The van der Waals surface area contributed by atoms with Gasteiger partial charge in [0, 0.05) is 19.5 Å². The second kappa shape index (κ2) is 8.87. The molecule has 6 heteroatoms. The third kappa shape index (κ3) is 7.12. The van der Waals surface area contributed by atoms with E-state index in [2.05, 4.69) is 10.2 Å². The molecule has 1 aliphatic rings. The number of nitrogens with two attached hydrogens (primary N) is 1. The van der Waals surface area contributed by atoms with Gasteiger partial charge in [-0.2, -0.15) is 0 Å². The van der Waals surface area contributed by atoms with E-state index in [9.17, 15) is 9.59 Å². The smallest absolute Gasteiger partial charge is 0.303 e. The van der Waals surface area contributed by atoms with Gasteiger partial charge in [0.25, 0.3) is 0 Å². The van der Waals surface area contributed by atoms with Crippen LogP contribution in [0.5, 0.6) is 0 Å². The summed E-state index contributed by atoms with van der Waals surface area (Å²) in [6.07, 6.45) is 5.16. The highest BCUT2D eigenvalue weighted by molar-refractivity contribution is 5.82. The lowest BCUT2D eigenvalue weighted by Crippen LogP contribution is -2.44. The molecular weight excluding hydrogens is 246 g/mol. The number of nitrogens with zero attached hydrogens (tertiary/aromatic N) is 1. The van der Waals surface area contributed by atoms with Gasteiger partial charge in [0.15, 0.2) is 0 Å². The molecule has 0 aromatic carbocycles. The first kappa shape index (κ1) is 15.9. The van der Waals surface area contributed by atoms with Gasteiger partial charge in [-0.3, -0.25) is 9.59 Å². The van der Waals surface area contributed by atoms with Crippen molar-refractivity contribution in [1.82, 2.24) is 10.2 Å². The van der Waals surface area contributed by atoms with Crippen molar-refractivity contribution in [3.63, 3.8) is 0 Å². The molecule has 0 bridgehead atoms. The summed E-state index contributed by atoms with van der Waals surface area (Å²) in [6, 6.07) is -0.722. The molecule has 1 atom stereocenters. The van der Waals surface area contributed by atoms with Crippen molar-refractivity contribution in [2.75, 3.05) is 26.2 Å². The fraction of sp³-hybridized carbons (Fsp3) is 0.846. The van der Waals surface area contributed by atoms with Crippen molar-refractivity contribution in [3.05, 3.63) is 0 Å². The van der Waals surface area contributed by atoms with Gasteiger partial charge in [-0.15, -0.1) is 0 Å². The molecule has 1 rings (SSSR count). The van der Waals surface area contributed by atoms with Crippen molar-refractivity contribution >= 4 is 11.9 Å². The van der Waals surface area contributed by atoms with Crippen LogP contribution in [-0.4, -0.2) is 54.1 Å². The van der Waals surface area contributed by atoms with Gasteiger partial charge in [-0.1, -0.05) is 12.8 Å². The van der Waals surface area contributed by atoms with E-state index in [1.807, 2.05) is 0 Å². The Balaban J connectivity index is 2.13. The minimum atomic E-state index is -0.923. The fourth-order valence-electron chi connectivity index (χ4n) is 2.24. The van der Waals surface area contributed by atoms with Crippen LogP contribution in [-0.2, 0) is 9.59 Å². The fourth-order valence-corrected chi connectivity index (χ4v) is 2.24. The van der Waals surface area contributed by atoms with E-state index in [4.69, 9.17) is 10.8 Å². The van der Waals surface area contributed by atoms with E-state index in [0.29, 0.717) is 6.54 Å². The van der Waals surface area contributed by atoms with Crippen molar-refractivity contribution < 1.29 is 14.7 Å². The minimum absolute atomic E-state index is 0.0687. The Bertz CT molecular complexity index is 289. The summed E-state index contributed by atoms with van der Waals surface area (Å²) in [7, 11) is 0. The van der Waals surface area contributed by atoms with Gasteiger partial charge in [-0.25, -0.2) is 0 Å². The maximum Gasteiger partial charge on any atom is 0.303 e. The van der Waals surface area contributed by atoms with Crippen molar-refractivity contribution in [3.8, 4) is 0 Å². The van der Waals surface area contributed by atoms with Crippen molar-refractivity contribution in [2.24, 2.45) is 5.73 Å². The SMILES string of the molecule is NC(CCC(=O)O)C(=O)NCCN1CCCCCC1. The zero-order valence-electron chi connectivity index (χ0n) is 11.4. The van der Waals surface area contributed by atoms with Crippen LogP contribution in [0.25, 0.3) is 0 Å². The Labute approximate surface area is 114 Å². The summed E-state index contributed by atoms with van der Waals surface area (Å²) >= 11 is 0. The van der Waals surface area contributed by atoms with Gasteiger partial charge in [0.1, 0.15) is 0 Å². The molecule has 4 N–H and O–H groups in total. The molecule has 0 saturated carbocycles. The van der Waals surface area contributed by atoms with Gasteiger partial charge in [-0.05, 0) is 32.4 Å². The molecule has 0 aromatic heterocycles. The van der Waals surface area contributed by atoms with Crippen LogP contribution < -0.4 is 11.1 Å². The second-order valence-electron chi connectivity index (χ2n) is 5.09. The second-order valence-corrected chi connectivity index (χ2v) is 5.09. The Morgan fingerprint density at radius 1 is 1.21 bits per heavy atom. The normalized spacial score (nSPS) is 18.6. The van der Waals surface area contributed by atoms with E-state index in [-0.39, 0.29) is 18.7 Å². The predicted molar refractivity (Wildman–Crippen MR) is 72.8 cm³/mol. The van der Waals surface area contributed by atoms with Gasteiger partial charge in [0.05, 0.1) is 6.04 Å². The van der Waals surface area contributed by atoms with Gasteiger partial charge >= 0.3 is 5.97 Å². The van der Waals surface area contributed by atoms with Crippen LogP contribution in [0.2, 0.25) is 0 Å². The molecule has 1 amide bonds. The molecule has 0 radical (unpaired) electrons. The Hall–Kier alpha value is -1.14. The topological polar surface area (TPSA) is 95.7 Å². The van der Waals surface area contributed by atoms with E-state index >= 15 is 0 Å². The Kier molecular flexibility index (Phi) is 7.43. The highest BCUT2D eigenvalue weighted by atomic mass is 16.4. The number of hydrogen-bond donors (Lipinski definition) is 3. The first-order chi connectivity index (χ1) is 9.09. The summed E-state index contributed by atoms with van der Waals surface area (Å²) in [5, 5.41) is 11.3. The molecular formula is C13H25N3O3. The van der Waals surface area contributed by atoms with Crippen LogP contribution in [0.4, 0.5) is 0 Å². The predicted octanol–water partition coefficient (Wildman–Crippen LogP) is 0.171. The average Bonchev–Trinajstić information content (AvgIpc) is 2.64. The molecule has 0 spiro atoms. The third-order valence-corrected chi connectivity index (χ3v) is 3.43. The largest absolute Gasteiger partial charge is 0.481 e. The van der Waals surface area contributed by atoms with Crippen molar-refractivity contribution in [2.45, 2.75) is 44.6 Å². The summed E-state index contributed by atoms with van der Waals surface area (Å²) in [4.78, 5) is 24.4. The van der Waals surface area contributed by atoms with E-state index in [1.165, 1.54) is 25.7 Å². The van der Waals surface area contributed by atoms with E-state index in [0.717, 1.165) is 19.6 Å². The summed E-state index contributed by atoms with van der Waals surface area (Å²) in [5.74, 6) is -1.18. The molecule has 1 unspecified atom stereocenters. The van der Waals surface area contributed by atoms with Crippen LogP contribution in [0.3, 0.4) is 0 Å². The van der Waals surface area contributed by atoms with Crippen LogP contribution >= 0.6 is 0 Å². The molecule has 6 nitrogen and oxygen atoms in total. The molecule has 1 aliphatic heterocycles. The maximum atomic E-state index is 11.6. The molecule has 19 heavy (non-hydrogen) atoms. The van der Waals surface area contributed by atoms with Crippen LogP contribution in [0, 0.1) is 0 Å². The van der Waals surface area contributed by atoms with Crippen LogP contribution in [0.15, 0.2) is 0 Å². The monoisotopic (exact) mass is 271 g/mol. The zero-order chi connectivity index (χ0) is 14.1. The number of carbonyl (C=O) groups is 2. The number of aliphatic carboxylic acids is 1. The summed E-state index contributed by atoms with van der Waals surface area (Å²) < 4.78 is 0. The number of carbonyl (C=O) groups excluding carboxylic acids is 1. The highest BCUT2D eigenvalue weighted by Crippen LogP contribution is 2.08. The molecule has 1 saturated heterocycles. The molecule has 0 aliphatic carbocycles. The molecule has 0 aromatic rings. The molecule has 1 fully saturated rings. The first-order valence-electron chi connectivity index (χ1n) is 7.07. The highest BCUT2D eigenvalue weighted by Gasteiger charge is 2.15. The number of nitrogens with one attached hydrogen (secondary N) is 1. The first-order valence-corrected chi connectivity index (χ1v) is 7.07. The molecule has 1 heterocycles. The Morgan fingerprint density at radius 3 is 2.42 bits per heavy atom. The Morgan fingerprint density at radius 2 is 1.84 bits per heavy atom. The minimum Gasteiger partial charge on any atom is -0.481 e. The van der Waals surface area contributed by atoms with E-state index < -0.39 is 12.0 Å². The van der Waals surface area contributed by atoms with Crippen LogP contribution in [0.1, 0.15) is 38.5 Å². The summed E-state index contributed by atoms with van der Waals surface area (Å²) in [5.41, 5.74) is 5.62. The summed E-state index contributed by atoms with van der Waals surface area (Å²) in [6.45, 7) is 3.62. The zero-order valence-corrected chi connectivity index (χ0v) is 11.4. The lowest BCUT2D eigenvalue weighted by molar-refractivity contribution is -0.137. The number of carboxylic acids is 1. The maximum absolute atomic E-state index is 11.6.